The number of nitriles is 1. The first-order valence-corrected chi connectivity index (χ1v) is 7.40. The average molecular weight is 273 g/mol. The predicted molar refractivity (Wildman–Crippen MR) is 79.6 cm³/mol. The van der Waals surface area contributed by atoms with Crippen LogP contribution in [0.5, 0.6) is 0 Å². The van der Waals surface area contributed by atoms with Gasteiger partial charge in [-0.1, -0.05) is 13.8 Å². The number of nitrogens with one attached hydrogen (secondary N) is 1. The van der Waals surface area contributed by atoms with E-state index in [-0.39, 0.29) is 5.60 Å². The largest absolute Gasteiger partial charge is 0.375 e. The molecule has 1 atom stereocenters. The number of ether oxygens (including phenoxy) is 1. The minimum atomic E-state index is -0.0213. The summed E-state index contributed by atoms with van der Waals surface area (Å²) >= 11 is 0. The number of aryl methyl sites for hydroxylation is 1. The fourth-order valence-electron chi connectivity index (χ4n) is 2.90. The summed E-state index contributed by atoms with van der Waals surface area (Å²) in [6.45, 7) is 7.07. The standard InChI is InChI=1S/C16H23N3O/c1-4-16(5-2)10-13(7-9-20-16)19-15-14(11-17)12(3)6-8-18-15/h6,8,13H,4-5,7,9-10H2,1-3H3,(H,18,19). The summed E-state index contributed by atoms with van der Waals surface area (Å²) in [5.74, 6) is 0.709. The molecule has 108 valence electrons. The fourth-order valence-corrected chi connectivity index (χ4v) is 2.90. The van der Waals surface area contributed by atoms with Crippen molar-refractivity contribution in [2.24, 2.45) is 0 Å². The van der Waals surface area contributed by atoms with Gasteiger partial charge in [0.1, 0.15) is 11.9 Å². The second-order valence-corrected chi connectivity index (χ2v) is 5.54. The maximum absolute atomic E-state index is 9.27. The van der Waals surface area contributed by atoms with E-state index in [1.54, 1.807) is 6.20 Å². The molecule has 0 bridgehead atoms. The smallest absolute Gasteiger partial charge is 0.144 e. The summed E-state index contributed by atoms with van der Waals surface area (Å²) in [5, 5.41) is 12.7. The van der Waals surface area contributed by atoms with Crippen LogP contribution >= 0.6 is 0 Å². The molecule has 1 N–H and O–H groups in total. The lowest BCUT2D eigenvalue weighted by Gasteiger charge is -2.40. The number of aromatic nitrogens is 1. The van der Waals surface area contributed by atoms with Crippen LogP contribution in [0.3, 0.4) is 0 Å². The van der Waals surface area contributed by atoms with Crippen molar-refractivity contribution >= 4 is 5.82 Å². The van der Waals surface area contributed by atoms with Crippen molar-refractivity contribution in [1.82, 2.24) is 4.98 Å². The zero-order valence-electron chi connectivity index (χ0n) is 12.6. The van der Waals surface area contributed by atoms with Crippen molar-refractivity contribution in [3.05, 3.63) is 23.4 Å². The van der Waals surface area contributed by atoms with E-state index in [1.807, 2.05) is 13.0 Å². The van der Waals surface area contributed by atoms with Crippen LogP contribution in [-0.4, -0.2) is 23.2 Å². The Bertz CT molecular complexity index is 503. The molecule has 1 aromatic rings. The molecule has 20 heavy (non-hydrogen) atoms. The molecular weight excluding hydrogens is 250 g/mol. The van der Waals surface area contributed by atoms with E-state index >= 15 is 0 Å². The summed E-state index contributed by atoms with van der Waals surface area (Å²) in [5.41, 5.74) is 1.60. The van der Waals surface area contributed by atoms with Crippen molar-refractivity contribution in [3.63, 3.8) is 0 Å². The normalized spacial score (nSPS) is 21.2. The highest BCUT2D eigenvalue weighted by Gasteiger charge is 2.34. The van der Waals surface area contributed by atoms with Gasteiger partial charge in [0.05, 0.1) is 11.2 Å². The van der Waals surface area contributed by atoms with Gasteiger partial charge in [-0.3, -0.25) is 0 Å². The van der Waals surface area contributed by atoms with Crippen LogP contribution in [0.25, 0.3) is 0 Å². The molecule has 1 aromatic heterocycles. The first-order chi connectivity index (χ1) is 9.64. The fraction of sp³-hybridized carbons (Fsp3) is 0.625. The molecule has 0 aromatic carbocycles. The zero-order valence-corrected chi connectivity index (χ0v) is 12.6. The van der Waals surface area contributed by atoms with Gasteiger partial charge in [-0.25, -0.2) is 4.98 Å². The van der Waals surface area contributed by atoms with Crippen LogP contribution in [0.15, 0.2) is 12.3 Å². The third kappa shape index (κ3) is 2.94. The molecule has 2 heterocycles. The van der Waals surface area contributed by atoms with E-state index in [4.69, 9.17) is 4.74 Å². The quantitative estimate of drug-likeness (QED) is 0.913. The molecule has 0 amide bonds. The van der Waals surface area contributed by atoms with Gasteiger partial charge in [0.25, 0.3) is 0 Å². The summed E-state index contributed by atoms with van der Waals surface area (Å²) < 4.78 is 5.99. The van der Waals surface area contributed by atoms with E-state index in [2.05, 4.69) is 30.2 Å². The number of hydrogen-bond acceptors (Lipinski definition) is 4. The van der Waals surface area contributed by atoms with Crippen LogP contribution < -0.4 is 5.32 Å². The molecule has 4 nitrogen and oxygen atoms in total. The molecule has 0 spiro atoms. The van der Waals surface area contributed by atoms with E-state index in [0.717, 1.165) is 37.9 Å². The first-order valence-electron chi connectivity index (χ1n) is 7.40. The molecule has 1 unspecified atom stereocenters. The summed E-state index contributed by atoms with van der Waals surface area (Å²) in [7, 11) is 0. The molecule has 0 radical (unpaired) electrons. The Morgan fingerprint density at radius 2 is 2.25 bits per heavy atom. The van der Waals surface area contributed by atoms with Gasteiger partial charge < -0.3 is 10.1 Å². The minimum absolute atomic E-state index is 0.0213. The van der Waals surface area contributed by atoms with Gasteiger partial charge in [-0.15, -0.1) is 0 Å². The van der Waals surface area contributed by atoms with Crippen LogP contribution in [0.4, 0.5) is 5.82 Å². The Kier molecular flexibility index (Phi) is 4.61. The maximum atomic E-state index is 9.27. The van der Waals surface area contributed by atoms with Gasteiger partial charge in [0.15, 0.2) is 0 Å². The second kappa shape index (κ2) is 6.23. The Labute approximate surface area is 121 Å². The first kappa shape index (κ1) is 14.8. The number of rotatable bonds is 4. The number of nitrogens with zero attached hydrogens (tertiary/aromatic N) is 2. The molecule has 1 aliphatic heterocycles. The van der Waals surface area contributed by atoms with Gasteiger partial charge in [0.2, 0.25) is 0 Å². The van der Waals surface area contributed by atoms with Crippen LogP contribution in [0.2, 0.25) is 0 Å². The van der Waals surface area contributed by atoms with Crippen molar-refractivity contribution in [2.75, 3.05) is 11.9 Å². The van der Waals surface area contributed by atoms with Crippen LogP contribution in [-0.2, 0) is 4.74 Å². The van der Waals surface area contributed by atoms with E-state index in [0.29, 0.717) is 17.4 Å². The lowest BCUT2D eigenvalue weighted by Crippen LogP contribution is -2.43. The molecule has 1 fully saturated rings. The molecular formula is C16H23N3O. The highest BCUT2D eigenvalue weighted by Crippen LogP contribution is 2.33. The summed E-state index contributed by atoms with van der Waals surface area (Å²) in [6.07, 6.45) is 5.73. The highest BCUT2D eigenvalue weighted by atomic mass is 16.5. The summed E-state index contributed by atoms with van der Waals surface area (Å²) in [6, 6.07) is 4.44. The molecule has 0 saturated carbocycles. The Hall–Kier alpha value is -1.60. The Morgan fingerprint density at radius 3 is 2.90 bits per heavy atom. The zero-order chi connectivity index (χ0) is 14.6. The highest BCUT2D eigenvalue weighted by molar-refractivity contribution is 5.55. The lowest BCUT2D eigenvalue weighted by molar-refractivity contribution is -0.0864. The predicted octanol–water partition coefficient (Wildman–Crippen LogP) is 3.41. The van der Waals surface area contributed by atoms with Crippen molar-refractivity contribution < 1.29 is 4.74 Å². The van der Waals surface area contributed by atoms with Crippen LogP contribution in [0, 0.1) is 18.3 Å². The van der Waals surface area contributed by atoms with E-state index < -0.39 is 0 Å². The van der Waals surface area contributed by atoms with Crippen molar-refractivity contribution in [2.45, 2.75) is 58.1 Å². The Morgan fingerprint density at radius 1 is 1.50 bits per heavy atom. The van der Waals surface area contributed by atoms with Gasteiger partial charge in [-0.2, -0.15) is 5.26 Å². The maximum Gasteiger partial charge on any atom is 0.144 e. The van der Waals surface area contributed by atoms with Gasteiger partial charge in [-0.05, 0) is 44.2 Å². The number of anilines is 1. The molecule has 2 rings (SSSR count). The average Bonchev–Trinajstić information content (AvgIpc) is 2.48. The number of hydrogen-bond donors (Lipinski definition) is 1. The third-order valence-corrected chi connectivity index (χ3v) is 4.39. The van der Waals surface area contributed by atoms with Gasteiger partial charge >= 0.3 is 0 Å². The van der Waals surface area contributed by atoms with E-state index in [9.17, 15) is 5.26 Å². The molecule has 1 saturated heterocycles. The molecule has 4 heteroatoms. The lowest BCUT2D eigenvalue weighted by atomic mass is 9.86. The summed E-state index contributed by atoms with van der Waals surface area (Å²) in [4.78, 5) is 4.33. The van der Waals surface area contributed by atoms with Gasteiger partial charge in [0, 0.05) is 18.8 Å². The Balaban J connectivity index is 2.15. The monoisotopic (exact) mass is 273 g/mol. The topological polar surface area (TPSA) is 57.9 Å². The van der Waals surface area contributed by atoms with E-state index in [1.165, 1.54) is 0 Å². The second-order valence-electron chi connectivity index (χ2n) is 5.54. The SMILES string of the molecule is CCC1(CC)CC(Nc2nccc(C)c2C#N)CCO1. The van der Waals surface area contributed by atoms with Crippen molar-refractivity contribution in [3.8, 4) is 6.07 Å². The molecule has 0 aliphatic carbocycles. The minimum Gasteiger partial charge on any atom is -0.375 e. The third-order valence-electron chi connectivity index (χ3n) is 4.39. The van der Waals surface area contributed by atoms with Crippen LogP contribution in [0.1, 0.15) is 50.7 Å². The number of pyridine rings is 1. The van der Waals surface area contributed by atoms with Crippen molar-refractivity contribution in [1.29, 1.82) is 5.26 Å². The molecule has 1 aliphatic rings.